The van der Waals surface area contributed by atoms with Crippen LogP contribution in [0.1, 0.15) is 5.56 Å². The first-order chi connectivity index (χ1) is 9.38. The molecule has 7 heteroatoms. The molecule has 20 heavy (non-hydrogen) atoms. The van der Waals surface area contributed by atoms with Gasteiger partial charge in [0.05, 0.1) is 11.5 Å². The number of morpholine rings is 1. The van der Waals surface area contributed by atoms with E-state index < -0.39 is 16.2 Å². The minimum atomic E-state index is -3.79. The third kappa shape index (κ3) is 3.56. The van der Waals surface area contributed by atoms with Gasteiger partial charge in [0.2, 0.25) is 5.91 Å². The highest BCUT2D eigenvalue weighted by atomic mass is 32.2. The van der Waals surface area contributed by atoms with Gasteiger partial charge >= 0.3 is 0 Å². The lowest BCUT2D eigenvalue weighted by molar-refractivity contribution is -0.148. The SMILES string of the molecule is Cc1ccc(S(=O)(=O)OC[C@H]2CN(C)C(=O)CO2)cc1. The Morgan fingerprint density at radius 1 is 1.35 bits per heavy atom. The Morgan fingerprint density at radius 2 is 2.00 bits per heavy atom. The molecule has 6 nitrogen and oxygen atoms in total. The van der Waals surface area contributed by atoms with E-state index in [0.717, 1.165) is 5.56 Å². The molecule has 0 N–H and O–H groups in total. The molecule has 1 atom stereocenters. The van der Waals surface area contributed by atoms with Crippen molar-refractivity contribution >= 4 is 16.0 Å². The molecule has 0 aromatic heterocycles. The first-order valence-corrected chi connectivity index (χ1v) is 7.61. The standard InChI is InChI=1S/C13H17NO5S/c1-10-3-5-12(6-4-10)20(16,17)19-8-11-7-14(2)13(15)9-18-11/h3-6,11H,7-9H2,1-2H3/t11-/m1/s1. The molecule has 1 amide bonds. The molecule has 0 bridgehead atoms. The fourth-order valence-corrected chi connectivity index (χ4v) is 2.74. The zero-order chi connectivity index (χ0) is 14.8. The van der Waals surface area contributed by atoms with E-state index in [2.05, 4.69) is 0 Å². The molecular weight excluding hydrogens is 282 g/mol. The molecule has 1 aliphatic heterocycles. The van der Waals surface area contributed by atoms with Crippen LogP contribution in [-0.2, 0) is 23.8 Å². The smallest absolute Gasteiger partial charge is 0.297 e. The number of hydrogen-bond acceptors (Lipinski definition) is 5. The third-order valence-electron chi connectivity index (χ3n) is 3.06. The van der Waals surface area contributed by atoms with E-state index >= 15 is 0 Å². The second-order valence-electron chi connectivity index (χ2n) is 4.76. The molecule has 2 rings (SSSR count). The van der Waals surface area contributed by atoms with Crippen LogP contribution >= 0.6 is 0 Å². The Hall–Kier alpha value is -1.44. The lowest BCUT2D eigenvalue weighted by Crippen LogP contribution is -2.46. The summed E-state index contributed by atoms with van der Waals surface area (Å²) in [6.45, 7) is 2.05. The minimum absolute atomic E-state index is 0.0465. The molecule has 0 aliphatic carbocycles. The van der Waals surface area contributed by atoms with Crippen LogP contribution in [0, 0.1) is 6.92 Å². The fraction of sp³-hybridized carbons (Fsp3) is 0.462. The lowest BCUT2D eigenvalue weighted by atomic mass is 10.2. The van der Waals surface area contributed by atoms with E-state index in [1.807, 2.05) is 6.92 Å². The van der Waals surface area contributed by atoms with Gasteiger partial charge in [-0.2, -0.15) is 8.42 Å². The van der Waals surface area contributed by atoms with Gasteiger partial charge in [0, 0.05) is 13.6 Å². The van der Waals surface area contributed by atoms with Crippen molar-refractivity contribution in [1.29, 1.82) is 0 Å². The Balaban J connectivity index is 1.96. The van der Waals surface area contributed by atoms with Crippen molar-refractivity contribution in [3.63, 3.8) is 0 Å². The fourth-order valence-electron chi connectivity index (χ4n) is 1.80. The maximum Gasteiger partial charge on any atom is 0.297 e. The van der Waals surface area contributed by atoms with Crippen LogP contribution in [0.4, 0.5) is 0 Å². The number of amides is 1. The summed E-state index contributed by atoms with van der Waals surface area (Å²) in [5, 5.41) is 0. The maximum atomic E-state index is 12.0. The van der Waals surface area contributed by atoms with Gasteiger partial charge in [-0.15, -0.1) is 0 Å². The molecule has 0 saturated carbocycles. The number of rotatable bonds is 4. The number of aryl methyl sites for hydroxylation is 1. The molecule has 1 aliphatic rings. The van der Waals surface area contributed by atoms with Crippen molar-refractivity contribution in [2.75, 3.05) is 26.8 Å². The zero-order valence-corrected chi connectivity index (χ0v) is 12.2. The van der Waals surface area contributed by atoms with Crippen molar-refractivity contribution in [2.45, 2.75) is 17.9 Å². The van der Waals surface area contributed by atoms with Crippen LogP contribution in [0.15, 0.2) is 29.2 Å². The molecule has 0 unspecified atom stereocenters. The maximum absolute atomic E-state index is 12.0. The number of nitrogens with zero attached hydrogens (tertiary/aromatic N) is 1. The molecule has 110 valence electrons. The molecule has 0 radical (unpaired) electrons. The highest BCUT2D eigenvalue weighted by molar-refractivity contribution is 7.86. The Morgan fingerprint density at radius 3 is 2.60 bits per heavy atom. The van der Waals surface area contributed by atoms with Crippen molar-refractivity contribution in [1.82, 2.24) is 4.90 Å². The minimum Gasteiger partial charge on any atom is -0.364 e. The highest BCUT2D eigenvalue weighted by Gasteiger charge is 2.26. The number of ether oxygens (including phenoxy) is 1. The molecule has 1 heterocycles. The van der Waals surface area contributed by atoms with Crippen LogP contribution in [0.5, 0.6) is 0 Å². The number of carbonyl (C=O) groups excluding carboxylic acids is 1. The van der Waals surface area contributed by atoms with Gasteiger partial charge in [-0.1, -0.05) is 17.7 Å². The number of carbonyl (C=O) groups is 1. The van der Waals surface area contributed by atoms with E-state index in [9.17, 15) is 13.2 Å². The second-order valence-corrected chi connectivity index (χ2v) is 6.37. The first kappa shape index (κ1) is 15.0. The molecule has 0 spiro atoms. The van der Waals surface area contributed by atoms with E-state index in [-0.39, 0.29) is 24.0 Å². The molecule has 1 saturated heterocycles. The van der Waals surface area contributed by atoms with Gasteiger partial charge in [-0.05, 0) is 19.1 Å². The van der Waals surface area contributed by atoms with Gasteiger partial charge in [-0.25, -0.2) is 0 Å². The number of likely N-dealkylation sites (N-methyl/N-ethyl adjacent to an activating group) is 1. The molecule has 1 aromatic rings. The largest absolute Gasteiger partial charge is 0.364 e. The van der Waals surface area contributed by atoms with E-state index in [0.29, 0.717) is 6.54 Å². The zero-order valence-electron chi connectivity index (χ0n) is 11.4. The normalized spacial score (nSPS) is 20.2. The first-order valence-electron chi connectivity index (χ1n) is 6.20. The predicted molar refractivity (Wildman–Crippen MR) is 71.7 cm³/mol. The number of hydrogen-bond donors (Lipinski definition) is 0. The summed E-state index contributed by atoms with van der Waals surface area (Å²) in [5.74, 6) is -0.123. The molecule has 1 aromatic carbocycles. The van der Waals surface area contributed by atoms with Gasteiger partial charge in [0.1, 0.15) is 12.7 Å². The van der Waals surface area contributed by atoms with Crippen molar-refractivity contribution in [3.05, 3.63) is 29.8 Å². The molecular formula is C13H17NO5S. The predicted octanol–water partition coefficient (Wildman–Crippen LogP) is 0.558. The van der Waals surface area contributed by atoms with Crippen LogP contribution < -0.4 is 0 Å². The quantitative estimate of drug-likeness (QED) is 0.760. The summed E-state index contributed by atoms with van der Waals surface area (Å²) < 4.78 is 34.2. The van der Waals surface area contributed by atoms with E-state index in [1.165, 1.54) is 17.0 Å². The summed E-state index contributed by atoms with van der Waals surface area (Å²) in [5.41, 5.74) is 0.972. The summed E-state index contributed by atoms with van der Waals surface area (Å²) in [6.07, 6.45) is -0.432. The van der Waals surface area contributed by atoms with Crippen molar-refractivity contribution in [2.24, 2.45) is 0 Å². The van der Waals surface area contributed by atoms with Gasteiger partial charge < -0.3 is 9.64 Å². The lowest BCUT2D eigenvalue weighted by Gasteiger charge is -2.29. The monoisotopic (exact) mass is 299 g/mol. The average Bonchev–Trinajstić information content (AvgIpc) is 2.41. The van der Waals surface area contributed by atoms with Crippen molar-refractivity contribution in [3.8, 4) is 0 Å². The summed E-state index contributed by atoms with van der Waals surface area (Å²) in [6, 6.07) is 6.42. The van der Waals surface area contributed by atoms with Crippen molar-refractivity contribution < 1.29 is 22.1 Å². The third-order valence-corrected chi connectivity index (χ3v) is 4.36. The van der Waals surface area contributed by atoms with E-state index in [1.54, 1.807) is 19.2 Å². The highest BCUT2D eigenvalue weighted by Crippen LogP contribution is 2.15. The van der Waals surface area contributed by atoms with Gasteiger partial charge in [0.25, 0.3) is 10.1 Å². The van der Waals surface area contributed by atoms with Crippen LogP contribution in [0.3, 0.4) is 0 Å². The van der Waals surface area contributed by atoms with Crippen LogP contribution in [0.25, 0.3) is 0 Å². The Kier molecular flexibility index (Phi) is 4.42. The summed E-state index contributed by atoms with van der Waals surface area (Å²) in [4.78, 5) is 12.8. The van der Waals surface area contributed by atoms with Crippen LogP contribution in [0.2, 0.25) is 0 Å². The topological polar surface area (TPSA) is 72.9 Å². The second kappa shape index (κ2) is 5.90. The van der Waals surface area contributed by atoms with Gasteiger partial charge in [0.15, 0.2) is 0 Å². The molecule has 1 fully saturated rings. The average molecular weight is 299 g/mol. The van der Waals surface area contributed by atoms with Crippen LogP contribution in [-0.4, -0.2) is 52.1 Å². The Bertz CT molecular complexity index is 581. The summed E-state index contributed by atoms with van der Waals surface area (Å²) in [7, 11) is -2.15. The number of benzene rings is 1. The van der Waals surface area contributed by atoms with E-state index in [4.69, 9.17) is 8.92 Å². The van der Waals surface area contributed by atoms with Gasteiger partial charge in [-0.3, -0.25) is 8.98 Å². The Labute approximate surface area is 118 Å². The summed E-state index contributed by atoms with van der Waals surface area (Å²) >= 11 is 0.